The summed E-state index contributed by atoms with van der Waals surface area (Å²) in [6.45, 7) is 0.801. The fraction of sp³-hybridized carbons (Fsp3) is 0.250. The van der Waals surface area contributed by atoms with Gasteiger partial charge in [0.25, 0.3) is 0 Å². The van der Waals surface area contributed by atoms with Crippen molar-refractivity contribution in [1.82, 2.24) is 0 Å². The molecule has 2 aromatic rings. The highest BCUT2D eigenvalue weighted by Crippen LogP contribution is 2.47. The van der Waals surface area contributed by atoms with Gasteiger partial charge in [0.05, 0.1) is 0 Å². The Bertz CT molecular complexity index is 551. The molecular formula is C16H17Cl2N. The van der Waals surface area contributed by atoms with E-state index in [4.69, 9.17) is 17.3 Å². The summed E-state index contributed by atoms with van der Waals surface area (Å²) < 4.78 is 0. The van der Waals surface area contributed by atoms with Gasteiger partial charge in [-0.15, -0.1) is 12.4 Å². The molecule has 1 nitrogen and oxygen atoms in total. The average Bonchev–Trinajstić information content (AvgIpc) is 3.19. The summed E-state index contributed by atoms with van der Waals surface area (Å²) >= 11 is 5.91. The monoisotopic (exact) mass is 293 g/mol. The van der Waals surface area contributed by atoms with E-state index in [1.807, 2.05) is 12.1 Å². The van der Waals surface area contributed by atoms with Crippen LogP contribution in [0.15, 0.2) is 48.5 Å². The molecule has 0 bridgehead atoms. The van der Waals surface area contributed by atoms with Gasteiger partial charge in [-0.1, -0.05) is 48.0 Å². The highest BCUT2D eigenvalue weighted by molar-refractivity contribution is 6.30. The minimum absolute atomic E-state index is 0. The molecule has 2 atom stereocenters. The fourth-order valence-electron chi connectivity index (χ4n) is 2.51. The highest BCUT2D eigenvalue weighted by atomic mass is 35.5. The third-order valence-electron chi connectivity index (χ3n) is 3.72. The molecular weight excluding hydrogens is 277 g/mol. The fourth-order valence-corrected chi connectivity index (χ4v) is 2.63. The van der Waals surface area contributed by atoms with Crippen LogP contribution in [0.25, 0.3) is 11.1 Å². The van der Waals surface area contributed by atoms with Crippen LogP contribution in [0.2, 0.25) is 5.02 Å². The van der Waals surface area contributed by atoms with Gasteiger partial charge < -0.3 is 5.73 Å². The molecule has 3 heteroatoms. The number of hydrogen-bond acceptors (Lipinski definition) is 1. The Morgan fingerprint density at radius 3 is 2.42 bits per heavy atom. The predicted octanol–water partition coefficient (Wildman–Crippen LogP) is 4.49. The maximum atomic E-state index is 5.91. The standard InChI is InChI=1S/C16H16ClN.ClH/c17-15-6-4-11(5-7-15)12-2-1-3-13(8-12)16-9-14(16)10-18;/h1-8,14,16H,9-10,18H2;1H/t14-,16-;/m0./s1. The maximum absolute atomic E-state index is 5.91. The van der Waals surface area contributed by atoms with Crippen molar-refractivity contribution in [3.63, 3.8) is 0 Å². The summed E-state index contributed by atoms with van der Waals surface area (Å²) in [5, 5.41) is 0.778. The number of rotatable bonds is 3. The van der Waals surface area contributed by atoms with E-state index in [1.54, 1.807) is 0 Å². The summed E-state index contributed by atoms with van der Waals surface area (Å²) in [5.74, 6) is 1.35. The van der Waals surface area contributed by atoms with Gasteiger partial charge in [-0.2, -0.15) is 0 Å². The lowest BCUT2D eigenvalue weighted by molar-refractivity contribution is 0.810. The molecule has 1 aliphatic rings. The van der Waals surface area contributed by atoms with Crippen molar-refractivity contribution in [2.24, 2.45) is 11.7 Å². The van der Waals surface area contributed by atoms with E-state index in [-0.39, 0.29) is 12.4 Å². The van der Waals surface area contributed by atoms with E-state index in [2.05, 4.69) is 36.4 Å². The molecule has 0 amide bonds. The van der Waals surface area contributed by atoms with E-state index < -0.39 is 0 Å². The van der Waals surface area contributed by atoms with Crippen LogP contribution in [0.3, 0.4) is 0 Å². The Morgan fingerprint density at radius 1 is 1.05 bits per heavy atom. The third-order valence-corrected chi connectivity index (χ3v) is 3.97. The highest BCUT2D eigenvalue weighted by Gasteiger charge is 2.36. The molecule has 1 fully saturated rings. The van der Waals surface area contributed by atoms with Crippen LogP contribution in [0.1, 0.15) is 17.9 Å². The van der Waals surface area contributed by atoms with Gasteiger partial charge in [0.15, 0.2) is 0 Å². The molecule has 0 heterocycles. The molecule has 0 aliphatic heterocycles. The minimum atomic E-state index is 0. The van der Waals surface area contributed by atoms with Crippen LogP contribution < -0.4 is 5.73 Å². The zero-order valence-corrected chi connectivity index (χ0v) is 12.1. The van der Waals surface area contributed by atoms with Crippen molar-refractivity contribution in [1.29, 1.82) is 0 Å². The van der Waals surface area contributed by atoms with Crippen molar-refractivity contribution in [3.05, 3.63) is 59.1 Å². The molecule has 1 saturated carbocycles. The van der Waals surface area contributed by atoms with Gasteiger partial charge in [0.2, 0.25) is 0 Å². The van der Waals surface area contributed by atoms with Crippen molar-refractivity contribution >= 4 is 24.0 Å². The molecule has 3 rings (SSSR count). The molecule has 2 N–H and O–H groups in total. The molecule has 0 saturated heterocycles. The van der Waals surface area contributed by atoms with Gasteiger partial charge in [-0.05, 0) is 53.6 Å². The van der Waals surface area contributed by atoms with Gasteiger partial charge >= 0.3 is 0 Å². The lowest BCUT2D eigenvalue weighted by Gasteiger charge is -2.05. The van der Waals surface area contributed by atoms with Gasteiger partial charge in [-0.3, -0.25) is 0 Å². The largest absolute Gasteiger partial charge is 0.330 e. The average molecular weight is 294 g/mol. The molecule has 100 valence electrons. The number of halogens is 2. The zero-order chi connectivity index (χ0) is 12.5. The predicted molar refractivity (Wildman–Crippen MR) is 84.0 cm³/mol. The normalized spacial score (nSPS) is 20.7. The minimum Gasteiger partial charge on any atom is -0.330 e. The molecule has 0 radical (unpaired) electrons. The smallest absolute Gasteiger partial charge is 0.0406 e. The lowest BCUT2D eigenvalue weighted by atomic mass is 10.0. The Hall–Kier alpha value is -1.02. The molecule has 19 heavy (non-hydrogen) atoms. The van der Waals surface area contributed by atoms with Gasteiger partial charge in [-0.25, -0.2) is 0 Å². The maximum Gasteiger partial charge on any atom is 0.0406 e. The van der Waals surface area contributed by atoms with Gasteiger partial charge in [0.1, 0.15) is 0 Å². The molecule has 2 aromatic carbocycles. The third kappa shape index (κ3) is 3.11. The first-order valence-corrected chi connectivity index (χ1v) is 6.71. The number of nitrogens with two attached hydrogens (primary N) is 1. The first-order valence-electron chi connectivity index (χ1n) is 6.34. The first kappa shape index (κ1) is 14.4. The topological polar surface area (TPSA) is 26.0 Å². The molecule has 1 aliphatic carbocycles. The SMILES string of the molecule is Cl.NC[C@@H]1C[C@H]1c1cccc(-c2ccc(Cl)cc2)c1. The Morgan fingerprint density at radius 2 is 1.79 bits per heavy atom. The summed E-state index contributed by atoms with van der Waals surface area (Å²) in [6, 6.07) is 16.8. The van der Waals surface area contributed by atoms with Crippen molar-refractivity contribution in [3.8, 4) is 11.1 Å². The number of hydrogen-bond donors (Lipinski definition) is 1. The zero-order valence-electron chi connectivity index (χ0n) is 10.6. The molecule has 0 aromatic heterocycles. The molecule has 0 unspecified atom stereocenters. The Balaban J connectivity index is 0.00000133. The van der Waals surface area contributed by atoms with Crippen molar-refractivity contribution in [2.75, 3.05) is 6.54 Å². The summed E-state index contributed by atoms with van der Waals surface area (Å²) in [7, 11) is 0. The number of benzene rings is 2. The summed E-state index contributed by atoms with van der Waals surface area (Å²) in [6.07, 6.45) is 1.24. The van der Waals surface area contributed by atoms with Crippen LogP contribution in [0, 0.1) is 5.92 Å². The first-order chi connectivity index (χ1) is 8.78. The van der Waals surface area contributed by atoms with E-state index in [1.165, 1.54) is 23.1 Å². The van der Waals surface area contributed by atoms with Crippen molar-refractivity contribution in [2.45, 2.75) is 12.3 Å². The quantitative estimate of drug-likeness (QED) is 0.886. The van der Waals surface area contributed by atoms with Crippen LogP contribution in [-0.2, 0) is 0 Å². The second-order valence-electron chi connectivity index (χ2n) is 4.97. The van der Waals surface area contributed by atoms with Crippen LogP contribution >= 0.6 is 24.0 Å². The van der Waals surface area contributed by atoms with Gasteiger partial charge in [0, 0.05) is 5.02 Å². The second kappa shape index (κ2) is 5.96. The second-order valence-corrected chi connectivity index (χ2v) is 5.41. The Kier molecular flexibility index (Phi) is 4.51. The van der Waals surface area contributed by atoms with Crippen LogP contribution in [0.5, 0.6) is 0 Å². The van der Waals surface area contributed by atoms with E-state index >= 15 is 0 Å². The summed E-state index contributed by atoms with van der Waals surface area (Å²) in [5.41, 5.74) is 9.60. The lowest BCUT2D eigenvalue weighted by Crippen LogP contribution is -2.01. The van der Waals surface area contributed by atoms with Crippen molar-refractivity contribution < 1.29 is 0 Å². The van der Waals surface area contributed by atoms with E-state index in [0.29, 0.717) is 11.8 Å². The van der Waals surface area contributed by atoms with E-state index in [0.717, 1.165) is 11.6 Å². The Labute approximate surface area is 125 Å². The summed E-state index contributed by atoms with van der Waals surface area (Å²) in [4.78, 5) is 0. The van der Waals surface area contributed by atoms with Crippen LogP contribution in [0.4, 0.5) is 0 Å². The van der Waals surface area contributed by atoms with E-state index in [9.17, 15) is 0 Å². The molecule has 0 spiro atoms. The van der Waals surface area contributed by atoms with Crippen LogP contribution in [-0.4, -0.2) is 6.54 Å².